The highest BCUT2D eigenvalue weighted by Gasteiger charge is 2.31. The molecule has 0 amide bonds. The molecule has 1 aromatic carbocycles. The molecule has 2 fully saturated rings. The zero-order chi connectivity index (χ0) is 22.1. The minimum absolute atomic E-state index is 0.300. The lowest BCUT2D eigenvalue weighted by atomic mass is 9.68. The molecule has 0 spiro atoms. The molecule has 0 atom stereocenters. The smallest absolute Gasteiger partial charge is 0.330 e. The van der Waals surface area contributed by atoms with Crippen LogP contribution in [0.5, 0.6) is 0 Å². The molecule has 0 N–H and O–H groups in total. The molecule has 1 aromatic rings. The summed E-state index contributed by atoms with van der Waals surface area (Å²) in [5, 5.41) is 0. The number of rotatable bonds is 9. The number of carbonyl (C=O) groups excluding carboxylic acids is 2. The van der Waals surface area contributed by atoms with Gasteiger partial charge in [0.2, 0.25) is 0 Å². The highest BCUT2D eigenvalue weighted by Crippen LogP contribution is 2.42. The number of ether oxygens (including phenoxy) is 2. The topological polar surface area (TPSA) is 52.6 Å². The molecule has 2 saturated carbocycles. The van der Waals surface area contributed by atoms with Crippen molar-refractivity contribution in [2.24, 2.45) is 23.7 Å². The largest absolute Gasteiger partial charge is 0.462 e. The predicted molar refractivity (Wildman–Crippen MR) is 122 cm³/mol. The minimum Gasteiger partial charge on any atom is -0.462 e. The van der Waals surface area contributed by atoms with Gasteiger partial charge in [-0.05, 0) is 92.6 Å². The average Bonchev–Trinajstić information content (AvgIpc) is 2.82. The molecule has 0 aliphatic heterocycles. The van der Waals surface area contributed by atoms with Gasteiger partial charge >= 0.3 is 11.9 Å². The summed E-state index contributed by atoms with van der Waals surface area (Å²) in [6, 6.07) is 8.46. The van der Waals surface area contributed by atoms with Crippen molar-refractivity contribution in [3.05, 3.63) is 60.7 Å². The molecule has 168 valence electrons. The van der Waals surface area contributed by atoms with E-state index in [0.717, 1.165) is 29.7 Å². The first-order valence-corrected chi connectivity index (χ1v) is 11.7. The summed E-state index contributed by atoms with van der Waals surface area (Å²) in [6.45, 7) is 7.73. The standard InChI is InChI=1S/C27H36O4/c1-3-26(28)30-18-22-7-5-20(6-8-22)17-21-9-13-24(14-10-21)25-15-11-23(12-16-25)19-31-27(29)4-2/h3-8,21,23-25H,1-2,9-19H2. The Bertz CT molecular complexity index is 735. The van der Waals surface area contributed by atoms with Crippen molar-refractivity contribution in [3.63, 3.8) is 0 Å². The van der Waals surface area contributed by atoms with Crippen LogP contribution in [0.2, 0.25) is 0 Å². The third kappa shape index (κ3) is 7.37. The Morgan fingerprint density at radius 3 is 1.77 bits per heavy atom. The summed E-state index contributed by atoms with van der Waals surface area (Å²) in [5.41, 5.74) is 2.38. The highest BCUT2D eigenvalue weighted by molar-refractivity contribution is 5.81. The number of esters is 2. The fraction of sp³-hybridized carbons (Fsp3) is 0.556. The van der Waals surface area contributed by atoms with E-state index < -0.39 is 0 Å². The van der Waals surface area contributed by atoms with E-state index in [0.29, 0.717) is 19.1 Å². The van der Waals surface area contributed by atoms with E-state index in [4.69, 9.17) is 9.47 Å². The van der Waals surface area contributed by atoms with Crippen molar-refractivity contribution in [3.8, 4) is 0 Å². The molecule has 0 heterocycles. The van der Waals surface area contributed by atoms with Gasteiger partial charge in [0.25, 0.3) is 0 Å². The van der Waals surface area contributed by atoms with E-state index in [-0.39, 0.29) is 11.9 Å². The first-order valence-electron chi connectivity index (χ1n) is 11.7. The Balaban J connectivity index is 1.35. The third-order valence-corrected chi connectivity index (χ3v) is 7.17. The van der Waals surface area contributed by atoms with Crippen molar-refractivity contribution >= 4 is 11.9 Å². The van der Waals surface area contributed by atoms with E-state index in [1.807, 2.05) is 0 Å². The van der Waals surface area contributed by atoms with Crippen LogP contribution in [0.1, 0.15) is 62.5 Å². The Labute approximate surface area is 186 Å². The molecule has 0 saturated heterocycles. The van der Waals surface area contributed by atoms with Gasteiger partial charge in [-0.2, -0.15) is 0 Å². The normalized spacial score (nSPS) is 25.9. The minimum atomic E-state index is -0.384. The lowest BCUT2D eigenvalue weighted by molar-refractivity contribution is -0.140. The van der Waals surface area contributed by atoms with E-state index in [1.54, 1.807) is 0 Å². The zero-order valence-electron chi connectivity index (χ0n) is 18.6. The van der Waals surface area contributed by atoms with Gasteiger partial charge in [-0.15, -0.1) is 0 Å². The lowest BCUT2D eigenvalue weighted by Gasteiger charge is -2.37. The maximum absolute atomic E-state index is 11.2. The van der Waals surface area contributed by atoms with Crippen LogP contribution in [0.3, 0.4) is 0 Å². The lowest BCUT2D eigenvalue weighted by Crippen LogP contribution is -2.27. The predicted octanol–water partition coefficient (Wildman–Crippen LogP) is 5.80. The van der Waals surface area contributed by atoms with Crippen LogP contribution in [0.25, 0.3) is 0 Å². The third-order valence-electron chi connectivity index (χ3n) is 7.17. The Kier molecular flexibility index (Phi) is 8.93. The zero-order valence-corrected chi connectivity index (χ0v) is 18.6. The Morgan fingerprint density at radius 1 is 0.742 bits per heavy atom. The molecule has 0 aromatic heterocycles. The molecule has 3 rings (SSSR count). The number of benzene rings is 1. The van der Waals surface area contributed by atoms with E-state index in [2.05, 4.69) is 37.4 Å². The van der Waals surface area contributed by atoms with Crippen LogP contribution in [-0.4, -0.2) is 18.5 Å². The van der Waals surface area contributed by atoms with Gasteiger partial charge in [0.15, 0.2) is 0 Å². The highest BCUT2D eigenvalue weighted by atomic mass is 16.5. The van der Waals surface area contributed by atoms with Crippen LogP contribution in [0.4, 0.5) is 0 Å². The quantitative estimate of drug-likeness (QED) is 0.371. The molecule has 0 bridgehead atoms. The summed E-state index contributed by atoms with van der Waals surface area (Å²) in [6.07, 6.45) is 13.8. The fourth-order valence-corrected chi connectivity index (χ4v) is 5.27. The maximum Gasteiger partial charge on any atom is 0.330 e. The van der Waals surface area contributed by atoms with Crippen LogP contribution < -0.4 is 0 Å². The summed E-state index contributed by atoms with van der Waals surface area (Å²) in [7, 11) is 0. The summed E-state index contributed by atoms with van der Waals surface area (Å²) in [5.74, 6) is 2.34. The van der Waals surface area contributed by atoms with Crippen LogP contribution in [0, 0.1) is 23.7 Å². The summed E-state index contributed by atoms with van der Waals surface area (Å²) in [4.78, 5) is 22.4. The second-order valence-electron chi connectivity index (χ2n) is 9.23. The van der Waals surface area contributed by atoms with Crippen LogP contribution in [-0.2, 0) is 32.1 Å². The van der Waals surface area contributed by atoms with Crippen molar-refractivity contribution in [2.75, 3.05) is 6.61 Å². The van der Waals surface area contributed by atoms with Crippen molar-refractivity contribution < 1.29 is 19.1 Å². The number of hydrogen-bond donors (Lipinski definition) is 0. The first kappa shape index (κ1) is 23.3. The number of carbonyl (C=O) groups is 2. The van der Waals surface area contributed by atoms with Gasteiger partial charge in [-0.3, -0.25) is 0 Å². The second kappa shape index (κ2) is 11.9. The van der Waals surface area contributed by atoms with Gasteiger partial charge < -0.3 is 9.47 Å². The second-order valence-corrected chi connectivity index (χ2v) is 9.23. The van der Waals surface area contributed by atoms with Crippen molar-refractivity contribution in [2.45, 2.75) is 64.4 Å². The molecule has 2 aliphatic rings. The summed E-state index contributed by atoms with van der Waals surface area (Å²) < 4.78 is 10.3. The van der Waals surface area contributed by atoms with Crippen molar-refractivity contribution in [1.29, 1.82) is 0 Å². The van der Waals surface area contributed by atoms with E-state index >= 15 is 0 Å². The molecule has 4 nitrogen and oxygen atoms in total. The van der Waals surface area contributed by atoms with Gasteiger partial charge in [0.05, 0.1) is 6.61 Å². The molecule has 4 heteroatoms. The van der Waals surface area contributed by atoms with Gasteiger partial charge in [-0.25, -0.2) is 9.59 Å². The molecule has 0 radical (unpaired) electrons. The van der Waals surface area contributed by atoms with E-state index in [9.17, 15) is 9.59 Å². The van der Waals surface area contributed by atoms with Crippen LogP contribution in [0.15, 0.2) is 49.6 Å². The fourth-order valence-electron chi connectivity index (χ4n) is 5.27. The van der Waals surface area contributed by atoms with E-state index in [1.165, 1.54) is 69.1 Å². The monoisotopic (exact) mass is 424 g/mol. The Hall–Kier alpha value is -2.36. The van der Waals surface area contributed by atoms with Gasteiger partial charge in [0.1, 0.15) is 6.61 Å². The molecule has 2 aliphatic carbocycles. The van der Waals surface area contributed by atoms with Crippen molar-refractivity contribution in [1.82, 2.24) is 0 Å². The van der Waals surface area contributed by atoms with Crippen LogP contribution >= 0.6 is 0 Å². The molecular formula is C27H36O4. The summed E-state index contributed by atoms with van der Waals surface area (Å²) >= 11 is 0. The maximum atomic E-state index is 11.2. The molecular weight excluding hydrogens is 388 g/mol. The SMILES string of the molecule is C=CC(=O)OCc1ccc(CC2CCC(C3CCC(COC(=O)C=C)CC3)CC2)cc1. The molecule has 0 unspecified atom stereocenters. The molecule has 31 heavy (non-hydrogen) atoms. The first-order chi connectivity index (χ1) is 15.1. The average molecular weight is 425 g/mol. The van der Waals surface area contributed by atoms with Gasteiger partial charge in [-0.1, -0.05) is 37.4 Å². The Morgan fingerprint density at radius 2 is 1.23 bits per heavy atom. The van der Waals surface area contributed by atoms with Gasteiger partial charge in [0, 0.05) is 12.2 Å². The number of hydrogen-bond acceptors (Lipinski definition) is 4.